The molecule has 1 fully saturated rings. The van der Waals surface area contributed by atoms with E-state index in [4.69, 9.17) is 23.2 Å². The van der Waals surface area contributed by atoms with Crippen LogP contribution in [0.3, 0.4) is 0 Å². The Kier molecular flexibility index (Phi) is 6.26. The van der Waals surface area contributed by atoms with Crippen molar-refractivity contribution in [2.45, 2.75) is 20.4 Å². The number of aliphatic imine (C=N–C) groups is 1. The van der Waals surface area contributed by atoms with E-state index in [0.29, 0.717) is 26.7 Å². The van der Waals surface area contributed by atoms with Gasteiger partial charge in [0.05, 0.1) is 10.6 Å². The molecule has 0 spiro atoms. The lowest BCUT2D eigenvalue weighted by Crippen LogP contribution is -2.19. The van der Waals surface area contributed by atoms with Crippen LogP contribution in [0.4, 0.5) is 5.69 Å². The first-order valence-electron chi connectivity index (χ1n) is 10.8. The number of fused-ring (bicyclic) bond motifs is 1. The Morgan fingerprint density at radius 1 is 1.03 bits per heavy atom. The van der Waals surface area contributed by atoms with Gasteiger partial charge in [0.2, 0.25) is 0 Å². The van der Waals surface area contributed by atoms with E-state index >= 15 is 0 Å². The number of nitrogens with one attached hydrogen (secondary N) is 1. The molecule has 34 heavy (non-hydrogen) atoms. The number of aryl methyl sites for hydroxylation is 2. The van der Waals surface area contributed by atoms with Gasteiger partial charge in [-0.05, 0) is 78.7 Å². The highest BCUT2D eigenvalue weighted by atomic mass is 35.5. The van der Waals surface area contributed by atoms with Gasteiger partial charge in [-0.15, -0.1) is 0 Å². The normalized spacial score (nSPS) is 16.1. The molecule has 1 saturated heterocycles. The summed E-state index contributed by atoms with van der Waals surface area (Å²) in [6.45, 7) is 4.67. The summed E-state index contributed by atoms with van der Waals surface area (Å²) >= 11 is 13.8. The first-order valence-corrected chi connectivity index (χ1v) is 12.3. The topological polar surface area (TPSA) is 46.4 Å². The van der Waals surface area contributed by atoms with Gasteiger partial charge in [0.1, 0.15) is 0 Å². The maximum atomic E-state index is 12.7. The average molecular weight is 506 g/mol. The van der Waals surface area contributed by atoms with Crippen LogP contribution in [0.15, 0.2) is 76.8 Å². The van der Waals surface area contributed by atoms with Crippen LogP contribution in [-0.2, 0) is 11.3 Å². The average Bonchev–Trinajstić information content (AvgIpc) is 3.29. The Balaban J connectivity index is 1.48. The molecule has 0 radical (unpaired) electrons. The van der Waals surface area contributed by atoms with Gasteiger partial charge in [0, 0.05) is 39.3 Å². The molecule has 1 aliphatic rings. The smallest absolute Gasteiger partial charge is 0.264 e. The minimum Gasteiger partial charge on any atom is -0.342 e. The van der Waals surface area contributed by atoms with E-state index in [1.54, 1.807) is 6.07 Å². The Morgan fingerprint density at radius 2 is 1.79 bits per heavy atom. The third-order valence-corrected chi connectivity index (χ3v) is 7.05. The Labute approximate surface area is 212 Å². The molecule has 4 nitrogen and oxygen atoms in total. The maximum Gasteiger partial charge on any atom is 0.264 e. The van der Waals surface area contributed by atoms with E-state index in [0.717, 1.165) is 38.8 Å². The van der Waals surface area contributed by atoms with Crippen molar-refractivity contribution in [3.63, 3.8) is 0 Å². The molecule has 2 heterocycles. The molecule has 1 N–H and O–H groups in total. The fraction of sp³-hybridized carbons (Fsp3) is 0.111. The first-order chi connectivity index (χ1) is 16.4. The number of thioether (sulfide) groups is 1. The van der Waals surface area contributed by atoms with Crippen molar-refractivity contribution in [1.29, 1.82) is 0 Å². The lowest BCUT2D eigenvalue weighted by molar-refractivity contribution is -0.115. The summed E-state index contributed by atoms with van der Waals surface area (Å²) in [6.07, 6.45) is 3.97. The molecule has 1 aromatic heterocycles. The molecule has 7 heteroatoms. The third kappa shape index (κ3) is 4.78. The number of carbonyl (C=O) groups is 1. The minimum absolute atomic E-state index is 0.147. The first kappa shape index (κ1) is 22.8. The molecule has 1 amide bonds. The fourth-order valence-electron chi connectivity index (χ4n) is 4.11. The van der Waals surface area contributed by atoms with Gasteiger partial charge in [0.25, 0.3) is 5.91 Å². The van der Waals surface area contributed by atoms with Crippen LogP contribution in [0.1, 0.15) is 22.3 Å². The quantitative estimate of drug-likeness (QED) is 0.291. The Bertz CT molecular complexity index is 1480. The number of aromatic nitrogens is 1. The second-order valence-electron chi connectivity index (χ2n) is 8.29. The number of halogens is 2. The van der Waals surface area contributed by atoms with Gasteiger partial charge in [-0.3, -0.25) is 4.79 Å². The van der Waals surface area contributed by atoms with Gasteiger partial charge in [-0.25, -0.2) is 4.99 Å². The standard InChI is InChI=1S/C27H21Cl2N3OS/c1-16-9-17(2)11-21(10-16)30-27-31-26(33)25(34-27)12-19-15-32(24-6-4-3-5-22(19)24)14-18-7-8-20(28)13-23(18)29/h3-13,15H,14H2,1-2H3,(H,30,31,33)/b25-12-. The number of nitrogens with zero attached hydrogens (tertiary/aromatic N) is 2. The summed E-state index contributed by atoms with van der Waals surface area (Å²) in [4.78, 5) is 18.0. The molecular formula is C27H21Cl2N3OS. The molecule has 170 valence electrons. The summed E-state index contributed by atoms with van der Waals surface area (Å²) in [7, 11) is 0. The number of amidine groups is 1. The molecule has 3 aromatic carbocycles. The SMILES string of the molecule is Cc1cc(C)cc(N=C2NC(=O)/C(=C/c3cn(Cc4ccc(Cl)cc4Cl)c4ccccc34)S2)c1. The Morgan fingerprint density at radius 3 is 2.56 bits per heavy atom. The lowest BCUT2D eigenvalue weighted by Gasteiger charge is -2.08. The highest BCUT2D eigenvalue weighted by Gasteiger charge is 2.24. The fourth-order valence-corrected chi connectivity index (χ4v) is 5.41. The van der Waals surface area contributed by atoms with Gasteiger partial charge < -0.3 is 9.88 Å². The predicted molar refractivity (Wildman–Crippen MR) is 144 cm³/mol. The van der Waals surface area contributed by atoms with Gasteiger partial charge >= 0.3 is 0 Å². The van der Waals surface area contributed by atoms with Crippen LogP contribution in [0, 0.1) is 13.8 Å². The largest absolute Gasteiger partial charge is 0.342 e. The monoisotopic (exact) mass is 505 g/mol. The second-order valence-corrected chi connectivity index (χ2v) is 10.2. The molecule has 5 rings (SSSR count). The molecule has 0 aliphatic carbocycles. The number of hydrogen-bond donors (Lipinski definition) is 1. The minimum atomic E-state index is -0.147. The van der Waals surface area contributed by atoms with E-state index in [-0.39, 0.29) is 5.91 Å². The third-order valence-electron chi connectivity index (χ3n) is 5.55. The highest BCUT2D eigenvalue weighted by molar-refractivity contribution is 8.18. The van der Waals surface area contributed by atoms with Crippen LogP contribution in [0.25, 0.3) is 17.0 Å². The van der Waals surface area contributed by atoms with Crippen molar-refractivity contribution in [1.82, 2.24) is 9.88 Å². The summed E-state index contributed by atoms with van der Waals surface area (Å²) in [5.74, 6) is -0.147. The van der Waals surface area contributed by atoms with E-state index in [1.165, 1.54) is 11.8 Å². The predicted octanol–water partition coefficient (Wildman–Crippen LogP) is 7.50. The van der Waals surface area contributed by atoms with Crippen LogP contribution in [0.5, 0.6) is 0 Å². The van der Waals surface area contributed by atoms with Crippen LogP contribution < -0.4 is 5.32 Å². The van der Waals surface area contributed by atoms with Gasteiger partial charge in [-0.1, -0.05) is 53.5 Å². The number of hydrogen-bond acceptors (Lipinski definition) is 3. The molecule has 0 atom stereocenters. The van der Waals surface area contributed by atoms with Crippen molar-refractivity contribution in [2.24, 2.45) is 4.99 Å². The number of benzene rings is 3. The van der Waals surface area contributed by atoms with E-state index in [1.807, 2.05) is 56.3 Å². The second kappa shape index (κ2) is 9.34. The van der Waals surface area contributed by atoms with E-state index < -0.39 is 0 Å². The highest BCUT2D eigenvalue weighted by Crippen LogP contribution is 2.32. The van der Waals surface area contributed by atoms with Crippen molar-refractivity contribution >= 4 is 68.7 Å². The summed E-state index contributed by atoms with van der Waals surface area (Å²) in [5, 5.41) is 5.77. The number of para-hydroxylation sites is 1. The van der Waals surface area contributed by atoms with Crippen LogP contribution in [0.2, 0.25) is 10.0 Å². The molecular weight excluding hydrogens is 485 g/mol. The maximum absolute atomic E-state index is 12.7. The van der Waals surface area contributed by atoms with Crippen LogP contribution in [-0.4, -0.2) is 15.6 Å². The zero-order valence-electron chi connectivity index (χ0n) is 18.6. The Hall–Kier alpha value is -2.99. The molecule has 0 bridgehead atoms. The van der Waals surface area contributed by atoms with Crippen molar-refractivity contribution in [2.75, 3.05) is 0 Å². The summed E-state index contributed by atoms with van der Waals surface area (Å²) in [5.41, 5.74) is 6.11. The zero-order valence-corrected chi connectivity index (χ0v) is 20.9. The molecule has 0 unspecified atom stereocenters. The lowest BCUT2D eigenvalue weighted by atomic mass is 10.1. The summed E-state index contributed by atoms with van der Waals surface area (Å²) < 4.78 is 2.14. The number of amides is 1. The zero-order chi connectivity index (χ0) is 23.8. The molecule has 4 aromatic rings. The van der Waals surface area contributed by atoms with Crippen LogP contribution >= 0.6 is 35.0 Å². The van der Waals surface area contributed by atoms with Crippen molar-refractivity contribution < 1.29 is 4.79 Å². The van der Waals surface area contributed by atoms with Gasteiger partial charge in [-0.2, -0.15) is 0 Å². The van der Waals surface area contributed by atoms with Crippen molar-refractivity contribution in [3.05, 3.63) is 104 Å². The van der Waals surface area contributed by atoms with E-state index in [2.05, 4.69) is 39.3 Å². The molecule has 0 saturated carbocycles. The van der Waals surface area contributed by atoms with Crippen molar-refractivity contribution in [3.8, 4) is 0 Å². The number of rotatable bonds is 4. The number of carbonyl (C=O) groups excluding carboxylic acids is 1. The van der Waals surface area contributed by atoms with Gasteiger partial charge in [0.15, 0.2) is 5.17 Å². The summed E-state index contributed by atoms with van der Waals surface area (Å²) in [6, 6.07) is 19.8. The molecule has 1 aliphatic heterocycles. The van der Waals surface area contributed by atoms with E-state index in [9.17, 15) is 4.79 Å².